The van der Waals surface area contributed by atoms with E-state index in [1.807, 2.05) is 30.3 Å². The number of amides is 1. The van der Waals surface area contributed by atoms with Crippen LogP contribution in [0.1, 0.15) is 30.4 Å². The van der Waals surface area contributed by atoms with E-state index in [9.17, 15) is 4.79 Å². The molecule has 10 heteroatoms. The number of hydrogen-bond acceptors (Lipinski definition) is 5. The summed E-state index contributed by atoms with van der Waals surface area (Å²) >= 11 is 17.2. The third kappa shape index (κ3) is 7.11. The van der Waals surface area contributed by atoms with E-state index >= 15 is 0 Å². The average Bonchev–Trinajstić information content (AvgIpc) is 3.24. The maximum absolute atomic E-state index is 12.2. The van der Waals surface area contributed by atoms with Crippen LogP contribution < -0.4 is 5.32 Å². The SMILES string of the molecule is O=C(CCCCSc1nnc2c3ccccc3n(Cc3ccc(Br)cc3)c2n1)NCCc1ccc(Cl)cc1Cl. The third-order valence-electron chi connectivity index (χ3n) is 6.37. The first-order chi connectivity index (χ1) is 19.0. The Morgan fingerprint density at radius 2 is 1.82 bits per heavy atom. The number of nitrogens with one attached hydrogen (secondary N) is 1. The summed E-state index contributed by atoms with van der Waals surface area (Å²) in [6.45, 7) is 1.24. The molecule has 0 aliphatic heterocycles. The molecule has 0 saturated carbocycles. The van der Waals surface area contributed by atoms with Crippen molar-refractivity contribution in [1.82, 2.24) is 25.1 Å². The van der Waals surface area contributed by atoms with Gasteiger partial charge in [0, 0.05) is 45.2 Å². The van der Waals surface area contributed by atoms with Gasteiger partial charge in [0.2, 0.25) is 11.1 Å². The predicted octanol–water partition coefficient (Wildman–Crippen LogP) is 7.72. The molecule has 0 unspecified atom stereocenters. The van der Waals surface area contributed by atoms with Crippen LogP contribution in [0.3, 0.4) is 0 Å². The van der Waals surface area contributed by atoms with E-state index in [1.54, 1.807) is 23.9 Å². The molecule has 1 N–H and O–H groups in total. The number of unbranched alkanes of at least 4 members (excludes halogenated alkanes) is 1. The Bertz CT molecular complexity index is 1610. The standard InChI is InChI=1S/C29H26BrCl2N5OS/c30-21-11-8-19(9-12-21)18-37-25-6-2-1-5-23(25)27-28(37)34-29(36-35-27)39-16-4-3-7-26(38)33-15-14-20-10-13-22(31)17-24(20)32/h1-2,5-6,8-13,17H,3-4,7,14-16,18H2,(H,33,38). The van der Waals surface area contributed by atoms with Crippen molar-refractivity contribution in [3.63, 3.8) is 0 Å². The molecule has 1 amide bonds. The topological polar surface area (TPSA) is 72.7 Å². The first kappa shape index (κ1) is 27.9. The lowest BCUT2D eigenvalue weighted by Crippen LogP contribution is -2.25. The number of benzene rings is 3. The van der Waals surface area contributed by atoms with Gasteiger partial charge >= 0.3 is 0 Å². The van der Waals surface area contributed by atoms with Crippen molar-refractivity contribution < 1.29 is 4.79 Å². The monoisotopic (exact) mass is 641 g/mol. The Hall–Kier alpha value is -2.65. The van der Waals surface area contributed by atoms with Gasteiger partial charge in [0.25, 0.3) is 0 Å². The molecule has 0 fully saturated rings. The zero-order chi connectivity index (χ0) is 27.2. The fourth-order valence-electron chi connectivity index (χ4n) is 4.38. The van der Waals surface area contributed by atoms with Gasteiger partial charge in [-0.3, -0.25) is 4.79 Å². The summed E-state index contributed by atoms with van der Waals surface area (Å²) in [7, 11) is 0. The summed E-state index contributed by atoms with van der Waals surface area (Å²) in [5, 5.41) is 14.8. The second kappa shape index (κ2) is 13.1. The van der Waals surface area contributed by atoms with Gasteiger partial charge in [0.15, 0.2) is 5.65 Å². The van der Waals surface area contributed by atoms with Crippen LogP contribution >= 0.6 is 50.9 Å². The molecule has 0 saturated heterocycles. The van der Waals surface area contributed by atoms with Gasteiger partial charge in [-0.2, -0.15) is 0 Å². The Morgan fingerprint density at radius 3 is 2.64 bits per heavy atom. The number of halogens is 3. The van der Waals surface area contributed by atoms with Gasteiger partial charge in [-0.15, -0.1) is 10.2 Å². The van der Waals surface area contributed by atoms with E-state index < -0.39 is 0 Å². The lowest BCUT2D eigenvalue weighted by atomic mass is 10.1. The number of nitrogens with zero attached hydrogens (tertiary/aromatic N) is 4. The lowest BCUT2D eigenvalue weighted by molar-refractivity contribution is -0.121. The molecule has 0 spiro atoms. The van der Waals surface area contributed by atoms with Crippen molar-refractivity contribution in [2.24, 2.45) is 0 Å². The summed E-state index contributed by atoms with van der Waals surface area (Å²) in [6, 6.07) is 21.9. The highest BCUT2D eigenvalue weighted by atomic mass is 79.9. The number of fused-ring (bicyclic) bond motifs is 3. The van der Waals surface area contributed by atoms with Gasteiger partial charge in [0.05, 0.1) is 5.52 Å². The molecule has 5 aromatic rings. The van der Waals surface area contributed by atoms with Crippen LogP contribution in [-0.2, 0) is 17.8 Å². The Kier molecular flexibility index (Phi) is 9.40. The van der Waals surface area contributed by atoms with Crippen LogP contribution in [0, 0.1) is 0 Å². The van der Waals surface area contributed by atoms with Gasteiger partial charge < -0.3 is 9.88 Å². The zero-order valence-corrected chi connectivity index (χ0v) is 25.0. The molecule has 2 aromatic heterocycles. The third-order valence-corrected chi connectivity index (χ3v) is 8.41. The molecule has 39 heavy (non-hydrogen) atoms. The molecule has 0 radical (unpaired) electrons. The average molecular weight is 643 g/mol. The van der Waals surface area contributed by atoms with Crippen LogP contribution in [0.4, 0.5) is 0 Å². The molecular weight excluding hydrogens is 617 g/mol. The quantitative estimate of drug-likeness (QED) is 0.118. The maximum atomic E-state index is 12.2. The molecule has 200 valence electrons. The van der Waals surface area contributed by atoms with Crippen molar-refractivity contribution in [1.29, 1.82) is 0 Å². The molecule has 0 aliphatic rings. The number of para-hydroxylation sites is 1. The molecule has 3 aromatic carbocycles. The normalized spacial score (nSPS) is 11.4. The lowest BCUT2D eigenvalue weighted by Gasteiger charge is -2.08. The highest BCUT2D eigenvalue weighted by Crippen LogP contribution is 2.28. The second-order valence-corrected chi connectivity index (χ2v) is 12.0. The zero-order valence-electron chi connectivity index (χ0n) is 21.0. The largest absolute Gasteiger partial charge is 0.356 e. The van der Waals surface area contributed by atoms with Crippen LogP contribution in [0.15, 0.2) is 76.4 Å². The van der Waals surface area contributed by atoms with E-state index in [1.165, 1.54) is 5.56 Å². The van der Waals surface area contributed by atoms with Crippen molar-refractivity contribution in [3.05, 3.63) is 92.4 Å². The van der Waals surface area contributed by atoms with Crippen molar-refractivity contribution >= 4 is 78.9 Å². The van der Waals surface area contributed by atoms with E-state index in [4.69, 9.17) is 28.2 Å². The summed E-state index contributed by atoms with van der Waals surface area (Å²) in [5.41, 5.74) is 4.88. The van der Waals surface area contributed by atoms with Crippen LogP contribution in [0.5, 0.6) is 0 Å². The smallest absolute Gasteiger partial charge is 0.220 e. The number of thioether (sulfide) groups is 1. The number of carbonyl (C=O) groups is 1. The van der Waals surface area contributed by atoms with Gasteiger partial charge in [-0.25, -0.2) is 4.98 Å². The van der Waals surface area contributed by atoms with E-state index in [0.717, 1.165) is 50.7 Å². The fraction of sp³-hybridized carbons (Fsp3) is 0.241. The molecular formula is C29H26BrCl2N5OS. The second-order valence-electron chi connectivity index (χ2n) is 9.14. The van der Waals surface area contributed by atoms with Crippen molar-refractivity contribution in [3.8, 4) is 0 Å². The summed E-state index contributed by atoms with van der Waals surface area (Å²) < 4.78 is 3.25. The first-order valence-corrected chi connectivity index (χ1v) is 15.2. The molecule has 2 heterocycles. The predicted molar refractivity (Wildman–Crippen MR) is 164 cm³/mol. The van der Waals surface area contributed by atoms with Crippen molar-refractivity contribution in [2.75, 3.05) is 12.3 Å². The van der Waals surface area contributed by atoms with Crippen LogP contribution in [0.2, 0.25) is 10.0 Å². The summed E-state index contributed by atoms with van der Waals surface area (Å²) in [4.78, 5) is 17.1. The maximum Gasteiger partial charge on any atom is 0.220 e. The number of hydrogen-bond donors (Lipinski definition) is 1. The molecule has 5 rings (SSSR count). The van der Waals surface area contributed by atoms with E-state index in [0.29, 0.717) is 41.1 Å². The number of aromatic nitrogens is 4. The van der Waals surface area contributed by atoms with Crippen LogP contribution in [-0.4, -0.2) is 38.0 Å². The van der Waals surface area contributed by atoms with Crippen molar-refractivity contribution in [2.45, 2.75) is 37.4 Å². The van der Waals surface area contributed by atoms with Gasteiger partial charge in [-0.05, 0) is 60.7 Å². The first-order valence-electron chi connectivity index (χ1n) is 12.7. The minimum absolute atomic E-state index is 0.0434. The minimum Gasteiger partial charge on any atom is -0.356 e. The van der Waals surface area contributed by atoms with E-state index in [2.05, 4.69) is 60.3 Å². The minimum atomic E-state index is 0.0434. The molecule has 0 bridgehead atoms. The van der Waals surface area contributed by atoms with Gasteiger partial charge in [-0.1, -0.05) is 87.3 Å². The van der Waals surface area contributed by atoms with Gasteiger partial charge in [0.1, 0.15) is 5.52 Å². The van der Waals surface area contributed by atoms with Crippen LogP contribution in [0.25, 0.3) is 22.1 Å². The Balaban J connectivity index is 1.14. The highest BCUT2D eigenvalue weighted by Gasteiger charge is 2.15. The fourth-order valence-corrected chi connectivity index (χ4v) is 5.93. The summed E-state index contributed by atoms with van der Waals surface area (Å²) in [6.07, 6.45) is 2.82. The summed E-state index contributed by atoms with van der Waals surface area (Å²) in [5.74, 6) is 0.857. The Labute approximate surface area is 249 Å². The number of carbonyl (C=O) groups excluding carboxylic acids is 1. The highest BCUT2D eigenvalue weighted by molar-refractivity contribution is 9.10. The van der Waals surface area contributed by atoms with E-state index in [-0.39, 0.29) is 5.91 Å². The number of rotatable bonds is 11. The molecule has 6 nitrogen and oxygen atoms in total. The molecule has 0 atom stereocenters. The molecule has 0 aliphatic carbocycles. The Morgan fingerprint density at radius 1 is 1.00 bits per heavy atom.